The van der Waals surface area contributed by atoms with Gasteiger partial charge in [-0.2, -0.15) is 0 Å². The van der Waals surface area contributed by atoms with Gasteiger partial charge in [0.1, 0.15) is 17.6 Å². The second-order valence-electron chi connectivity index (χ2n) is 5.81. The van der Waals surface area contributed by atoms with Crippen molar-refractivity contribution in [1.82, 2.24) is 4.90 Å². The number of rotatable bonds is 3. The molecular formula is C15H25NO5. The molecule has 2 atom stereocenters. The molecule has 1 aliphatic rings. The summed E-state index contributed by atoms with van der Waals surface area (Å²) in [5.41, 5.74) is 0.285. The molecule has 6 heteroatoms. The SMILES string of the molecule is CC(C)(C)OC=O.CCOC1C(=O)N(C)CC(=C=O)C1C. The molecule has 0 bridgehead atoms. The van der Waals surface area contributed by atoms with E-state index in [0.29, 0.717) is 25.2 Å². The number of ether oxygens (including phenoxy) is 2. The molecule has 2 unspecified atom stereocenters. The molecule has 1 saturated heterocycles. The zero-order valence-corrected chi connectivity index (χ0v) is 13.6. The number of likely N-dealkylation sites (tertiary alicyclic amines) is 1. The van der Waals surface area contributed by atoms with Crippen LogP contribution in [0.25, 0.3) is 0 Å². The molecular weight excluding hydrogens is 274 g/mol. The number of carbonyl (C=O) groups excluding carboxylic acids is 3. The summed E-state index contributed by atoms with van der Waals surface area (Å²) in [6, 6.07) is 0. The molecule has 120 valence electrons. The minimum atomic E-state index is -0.518. The molecule has 0 spiro atoms. The van der Waals surface area contributed by atoms with Crippen molar-refractivity contribution in [3.63, 3.8) is 0 Å². The Morgan fingerprint density at radius 2 is 2.00 bits per heavy atom. The molecule has 1 amide bonds. The van der Waals surface area contributed by atoms with Gasteiger partial charge in [0, 0.05) is 25.1 Å². The van der Waals surface area contributed by atoms with E-state index in [1.807, 2.05) is 40.6 Å². The first-order valence-electron chi connectivity index (χ1n) is 6.89. The van der Waals surface area contributed by atoms with E-state index in [1.54, 1.807) is 7.05 Å². The lowest BCUT2D eigenvalue weighted by molar-refractivity contribution is -0.147. The Labute approximate surface area is 126 Å². The topological polar surface area (TPSA) is 72.9 Å². The zero-order valence-electron chi connectivity index (χ0n) is 13.6. The van der Waals surface area contributed by atoms with Gasteiger partial charge in [0.2, 0.25) is 0 Å². The van der Waals surface area contributed by atoms with Gasteiger partial charge >= 0.3 is 0 Å². The Balaban J connectivity index is 0.000000486. The van der Waals surface area contributed by atoms with Crippen LogP contribution < -0.4 is 0 Å². The first-order chi connectivity index (χ1) is 9.67. The van der Waals surface area contributed by atoms with E-state index in [0.717, 1.165) is 0 Å². The molecule has 1 aliphatic heterocycles. The van der Waals surface area contributed by atoms with Crippen molar-refractivity contribution in [2.24, 2.45) is 5.92 Å². The van der Waals surface area contributed by atoms with Crippen molar-refractivity contribution in [2.75, 3.05) is 20.2 Å². The van der Waals surface area contributed by atoms with Crippen LogP contribution in [0.3, 0.4) is 0 Å². The predicted molar refractivity (Wildman–Crippen MR) is 78.3 cm³/mol. The summed E-state index contributed by atoms with van der Waals surface area (Å²) >= 11 is 0. The fourth-order valence-corrected chi connectivity index (χ4v) is 1.76. The van der Waals surface area contributed by atoms with Crippen molar-refractivity contribution in [3.8, 4) is 0 Å². The summed E-state index contributed by atoms with van der Waals surface area (Å²) in [6.45, 7) is 10.4. The molecule has 0 aromatic carbocycles. The van der Waals surface area contributed by atoms with Gasteiger partial charge in [-0.15, -0.1) is 0 Å². The maximum atomic E-state index is 11.6. The van der Waals surface area contributed by atoms with Crippen LogP contribution in [0.4, 0.5) is 0 Å². The number of carbonyl (C=O) groups is 2. The van der Waals surface area contributed by atoms with Crippen molar-refractivity contribution in [3.05, 3.63) is 5.57 Å². The number of likely N-dealkylation sites (N-methyl/N-ethyl adjacent to an activating group) is 1. The largest absolute Gasteiger partial charge is 0.462 e. The zero-order chi connectivity index (χ0) is 16.6. The summed E-state index contributed by atoms with van der Waals surface area (Å²) in [5, 5.41) is 0. The second-order valence-corrected chi connectivity index (χ2v) is 5.81. The van der Waals surface area contributed by atoms with Gasteiger partial charge in [-0.1, -0.05) is 6.92 Å². The summed E-state index contributed by atoms with van der Waals surface area (Å²) < 4.78 is 9.87. The molecule has 0 N–H and O–H groups in total. The summed E-state index contributed by atoms with van der Waals surface area (Å²) in [6.07, 6.45) is -0.518. The first-order valence-corrected chi connectivity index (χ1v) is 6.89. The maximum Gasteiger partial charge on any atom is 0.293 e. The highest BCUT2D eigenvalue weighted by molar-refractivity contribution is 5.84. The average Bonchev–Trinajstić information content (AvgIpc) is 2.38. The van der Waals surface area contributed by atoms with E-state index in [4.69, 9.17) is 4.74 Å². The normalized spacial score (nSPS) is 22.1. The summed E-state index contributed by atoms with van der Waals surface area (Å²) in [5.74, 6) is 1.67. The third kappa shape index (κ3) is 6.56. The summed E-state index contributed by atoms with van der Waals surface area (Å²) in [7, 11) is 1.66. The lowest BCUT2D eigenvalue weighted by Gasteiger charge is -2.34. The summed E-state index contributed by atoms with van der Waals surface area (Å²) in [4.78, 5) is 33.4. The molecule has 0 aromatic rings. The first kappa shape index (κ1) is 19.4. The van der Waals surface area contributed by atoms with E-state index in [9.17, 15) is 14.4 Å². The van der Waals surface area contributed by atoms with E-state index < -0.39 is 6.10 Å². The minimum Gasteiger partial charge on any atom is -0.462 e. The van der Waals surface area contributed by atoms with Crippen LogP contribution in [0, 0.1) is 5.92 Å². The van der Waals surface area contributed by atoms with Gasteiger partial charge in [-0.25, -0.2) is 4.79 Å². The van der Waals surface area contributed by atoms with Crippen molar-refractivity contribution in [1.29, 1.82) is 0 Å². The van der Waals surface area contributed by atoms with Crippen LogP contribution >= 0.6 is 0 Å². The van der Waals surface area contributed by atoms with Crippen LogP contribution in [-0.2, 0) is 23.9 Å². The highest BCUT2D eigenvalue weighted by atomic mass is 16.5. The van der Waals surface area contributed by atoms with Crippen LogP contribution in [0.2, 0.25) is 0 Å². The van der Waals surface area contributed by atoms with Gasteiger partial charge in [0.05, 0.1) is 6.54 Å². The van der Waals surface area contributed by atoms with Crippen molar-refractivity contribution < 1.29 is 23.9 Å². The third-order valence-electron chi connectivity index (χ3n) is 2.91. The quantitative estimate of drug-likeness (QED) is 0.578. The number of nitrogens with zero attached hydrogens (tertiary/aromatic N) is 1. The number of hydrogen-bond acceptors (Lipinski definition) is 5. The Morgan fingerprint density at radius 1 is 1.43 bits per heavy atom. The van der Waals surface area contributed by atoms with Gasteiger partial charge in [0.25, 0.3) is 12.4 Å². The smallest absolute Gasteiger partial charge is 0.293 e. The second kappa shape index (κ2) is 8.60. The monoisotopic (exact) mass is 299 g/mol. The van der Waals surface area contributed by atoms with Crippen molar-refractivity contribution >= 4 is 18.3 Å². The molecule has 1 heterocycles. The molecule has 0 saturated carbocycles. The minimum absolute atomic E-state index is 0.0571. The molecule has 0 aliphatic carbocycles. The van der Waals surface area contributed by atoms with Gasteiger partial charge in [-0.3, -0.25) is 9.59 Å². The fraction of sp³-hybridized carbons (Fsp3) is 0.733. The highest BCUT2D eigenvalue weighted by Crippen LogP contribution is 2.23. The standard InChI is InChI=1S/C10H15NO3.C5H10O2/c1-4-14-9-7(2)8(6-12)5-11(3)10(9)13;1-5(2,3)7-4-6/h7,9H,4-5H2,1-3H3;4H,1-3H3. The van der Waals surface area contributed by atoms with Gasteiger partial charge in [-0.05, 0) is 27.7 Å². The van der Waals surface area contributed by atoms with Crippen LogP contribution in [-0.4, -0.2) is 55.1 Å². The molecule has 0 radical (unpaired) electrons. The van der Waals surface area contributed by atoms with Gasteiger partial charge < -0.3 is 14.4 Å². The molecule has 6 nitrogen and oxygen atoms in total. The Kier molecular flexibility index (Phi) is 7.92. The maximum absolute atomic E-state index is 11.6. The lowest BCUT2D eigenvalue weighted by atomic mass is 9.91. The van der Waals surface area contributed by atoms with E-state index >= 15 is 0 Å². The van der Waals surface area contributed by atoms with E-state index in [1.165, 1.54) is 4.90 Å². The molecule has 0 aromatic heterocycles. The third-order valence-corrected chi connectivity index (χ3v) is 2.91. The predicted octanol–water partition coefficient (Wildman–Crippen LogP) is 1.22. The molecule has 1 fully saturated rings. The number of hydrogen-bond donors (Lipinski definition) is 0. The highest BCUT2D eigenvalue weighted by Gasteiger charge is 2.36. The van der Waals surface area contributed by atoms with Crippen LogP contribution in [0.15, 0.2) is 5.57 Å². The Morgan fingerprint density at radius 3 is 2.33 bits per heavy atom. The van der Waals surface area contributed by atoms with Crippen LogP contribution in [0.5, 0.6) is 0 Å². The van der Waals surface area contributed by atoms with Crippen molar-refractivity contribution in [2.45, 2.75) is 46.3 Å². The molecule has 21 heavy (non-hydrogen) atoms. The van der Waals surface area contributed by atoms with Crippen LogP contribution in [0.1, 0.15) is 34.6 Å². The fourth-order valence-electron chi connectivity index (χ4n) is 1.76. The number of piperidine rings is 1. The number of amides is 1. The van der Waals surface area contributed by atoms with E-state index in [2.05, 4.69) is 4.74 Å². The lowest BCUT2D eigenvalue weighted by Crippen LogP contribution is -2.49. The van der Waals surface area contributed by atoms with Gasteiger partial charge in [0.15, 0.2) is 0 Å². The Hall–Kier alpha value is -1.65. The average molecular weight is 299 g/mol. The van der Waals surface area contributed by atoms with E-state index in [-0.39, 0.29) is 17.4 Å². The Bertz CT molecular complexity index is 407. The molecule has 1 rings (SSSR count).